The molecule has 0 aromatic heterocycles. The van der Waals surface area contributed by atoms with Crippen LogP contribution in [0, 0.1) is 0 Å². The van der Waals surface area contributed by atoms with Gasteiger partial charge >= 0.3 is 6.03 Å². The molecule has 2 aromatic carbocycles. The molecule has 1 aliphatic heterocycles. The standard InChI is InChI=1S/C19H14Cl2N2O4/c1-2-27-16-8-5-13(21)9-11(16)10-15-17(24)22-19(26)23(18(15)25)14-6-3-12(20)4-7-14/h3-10H,2H2,1H3,(H,22,24,26)/b15-10+. The first kappa shape index (κ1) is 18.9. The first-order chi connectivity index (χ1) is 12.9. The van der Waals surface area contributed by atoms with E-state index in [1.54, 1.807) is 30.3 Å². The molecule has 1 saturated heterocycles. The molecule has 4 amide bonds. The molecule has 1 aliphatic rings. The van der Waals surface area contributed by atoms with Gasteiger partial charge in [0.25, 0.3) is 11.8 Å². The largest absolute Gasteiger partial charge is 0.493 e. The van der Waals surface area contributed by atoms with E-state index in [0.717, 1.165) is 4.90 Å². The number of carbonyl (C=O) groups excluding carboxylic acids is 3. The minimum absolute atomic E-state index is 0.215. The molecule has 0 aliphatic carbocycles. The second-order valence-electron chi connectivity index (χ2n) is 5.55. The molecule has 0 spiro atoms. The van der Waals surface area contributed by atoms with E-state index in [1.807, 2.05) is 6.92 Å². The summed E-state index contributed by atoms with van der Waals surface area (Å²) in [6.45, 7) is 2.21. The number of nitrogens with one attached hydrogen (secondary N) is 1. The smallest absolute Gasteiger partial charge is 0.335 e. The molecule has 0 unspecified atom stereocenters. The van der Waals surface area contributed by atoms with E-state index in [-0.39, 0.29) is 11.3 Å². The predicted octanol–water partition coefficient (Wildman–Crippen LogP) is 4.06. The van der Waals surface area contributed by atoms with Crippen molar-refractivity contribution in [1.82, 2.24) is 5.32 Å². The van der Waals surface area contributed by atoms with Gasteiger partial charge in [-0.1, -0.05) is 23.2 Å². The quantitative estimate of drug-likeness (QED) is 0.615. The lowest BCUT2D eigenvalue weighted by molar-refractivity contribution is -0.122. The Morgan fingerprint density at radius 2 is 1.70 bits per heavy atom. The van der Waals surface area contributed by atoms with Gasteiger partial charge in [0.2, 0.25) is 0 Å². The zero-order valence-electron chi connectivity index (χ0n) is 14.2. The molecule has 2 aromatic rings. The molecule has 0 saturated carbocycles. The Balaban J connectivity index is 2.04. The maximum atomic E-state index is 12.9. The third-order valence-corrected chi connectivity index (χ3v) is 4.25. The second-order valence-corrected chi connectivity index (χ2v) is 6.42. The molecular weight excluding hydrogens is 391 g/mol. The van der Waals surface area contributed by atoms with Crippen molar-refractivity contribution in [1.29, 1.82) is 0 Å². The third kappa shape index (κ3) is 3.97. The fraction of sp³-hybridized carbons (Fsp3) is 0.105. The predicted molar refractivity (Wildman–Crippen MR) is 103 cm³/mol. The molecule has 27 heavy (non-hydrogen) atoms. The number of nitrogens with zero attached hydrogens (tertiary/aromatic N) is 1. The SMILES string of the molecule is CCOc1ccc(Cl)cc1/C=C1\C(=O)NC(=O)N(c2ccc(Cl)cc2)C1=O. The van der Waals surface area contributed by atoms with E-state index in [1.165, 1.54) is 18.2 Å². The van der Waals surface area contributed by atoms with Gasteiger partial charge in [0, 0.05) is 15.6 Å². The monoisotopic (exact) mass is 404 g/mol. The Hall–Kier alpha value is -2.83. The lowest BCUT2D eigenvalue weighted by atomic mass is 10.1. The van der Waals surface area contributed by atoms with Crippen molar-refractivity contribution in [2.24, 2.45) is 0 Å². The minimum atomic E-state index is -0.833. The summed E-state index contributed by atoms with van der Waals surface area (Å²) >= 11 is 11.9. The van der Waals surface area contributed by atoms with Crippen LogP contribution in [0.25, 0.3) is 6.08 Å². The molecular formula is C19H14Cl2N2O4. The number of ether oxygens (including phenoxy) is 1. The Kier molecular flexibility index (Phi) is 5.48. The fourth-order valence-corrected chi connectivity index (χ4v) is 2.86. The summed E-state index contributed by atoms with van der Waals surface area (Å²) in [5, 5.41) is 3.03. The normalized spacial score (nSPS) is 15.9. The summed E-state index contributed by atoms with van der Waals surface area (Å²) in [6.07, 6.45) is 1.35. The number of anilines is 1. The number of carbonyl (C=O) groups is 3. The number of hydrogen-bond donors (Lipinski definition) is 1. The number of benzene rings is 2. The van der Waals surface area contributed by atoms with Crippen LogP contribution in [0.2, 0.25) is 10.0 Å². The molecule has 0 bridgehead atoms. The minimum Gasteiger partial charge on any atom is -0.493 e. The van der Waals surface area contributed by atoms with Gasteiger partial charge in [0.15, 0.2) is 0 Å². The summed E-state index contributed by atoms with van der Waals surface area (Å²) in [7, 11) is 0. The summed E-state index contributed by atoms with van der Waals surface area (Å²) in [5.41, 5.74) is 0.525. The van der Waals surface area contributed by atoms with Crippen LogP contribution < -0.4 is 15.0 Å². The van der Waals surface area contributed by atoms with E-state index >= 15 is 0 Å². The van der Waals surface area contributed by atoms with Crippen molar-refractivity contribution < 1.29 is 19.1 Å². The van der Waals surface area contributed by atoms with Gasteiger partial charge in [-0.15, -0.1) is 0 Å². The number of rotatable bonds is 4. The summed E-state index contributed by atoms with van der Waals surface area (Å²) in [4.78, 5) is 38.2. The fourth-order valence-electron chi connectivity index (χ4n) is 2.56. The molecule has 6 nitrogen and oxygen atoms in total. The molecule has 1 heterocycles. The average Bonchev–Trinajstić information content (AvgIpc) is 2.62. The van der Waals surface area contributed by atoms with Gasteiger partial charge in [0.1, 0.15) is 11.3 Å². The maximum Gasteiger partial charge on any atom is 0.335 e. The van der Waals surface area contributed by atoms with Gasteiger partial charge in [-0.3, -0.25) is 14.9 Å². The Morgan fingerprint density at radius 3 is 2.37 bits per heavy atom. The zero-order valence-corrected chi connectivity index (χ0v) is 15.7. The molecule has 1 N–H and O–H groups in total. The van der Waals surface area contributed by atoms with Crippen LogP contribution >= 0.6 is 23.2 Å². The molecule has 0 radical (unpaired) electrons. The molecule has 138 valence electrons. The third-order valence-electron chi connectivity index (χ3n) is 3.76. The summed E-state index contributed by atoms with van der Waals surface area (Å²) in [6, 6.07) is 10.1. The van der Waals surface area contributed by atoms with Crippen LogP contribution in [-0.2, 0) is 9.59 Å². The zero-order chi connectivity index (χ0) is 19.6. The maximum absolute atomic E-state index is 12.9. The number of amides is 4. The van der Waals surface area contributed by atoms with Crippen molar-refractivity contribution in [3.63, 3.8) is 0 Å². The van der Waals surface area contributed by atoms with Crippen molar-refractivity contribution in [2.75, 3.05) is 11.5 Å². The molecule has 3 rings (SSSR count). The van der Waals surface area contributed by atoms with Crippen LogP contribution in [0.5, 0.6) is 5.75 Å². The molecule has 0 atom stereocenters. The number of barbiturate groups is 1. The van der Waals surface area contributed by atoms with E-state index in [4.69, 9.17) is 27.9 Å². The highest BCUT2D eigenvalue weighted by molar-refractivity contribution is 6.39. The highest BCUT2D eigenvalue weighted by atomic mass is 35.5. The van der Waals surface area contributed by atoms with Crippen molar-refractivity contribution in [3.05, 3.63) is 63.6 Å². The van der Waals surface area contributed by atoms with E-state index in [0.29, 0.717) is 28.0 Å². The highest BCUT2D eigenvalue weighted by Gasteiger charge is 2.36. The van der Waals surface area contributed by atoms with E-state index < -0.39 is 17.8 Å². The van der Waals surface area contributed by atoms with Gasteiger partial charge in [-0.25, -0.2) is 9.69 Å². The van der Waals surface area contributed by atoms with Gasteiger partial charge in [-0.05, 0) is 55.5 Å². The highest BCUT2D eigenvalue weighted by Crippen LogP contribution is 2.28. The van der Waals surface area contributed by atoms with Gasteiger partial charge in [0.05, 0.1) is 12.3 Å². The molecule has 1 fully saturated rings. The number of imide groups is 2. The van der Waals surface area contributed by atoms with Crippen LogP contribution in [-0.4, -0.2) is 24.5 Å². The van der Waals surface area contributed by atoms with Crippen LogP contribution in [0.15, 0.2) is 48.0 Å². The van der Waals surface area contributed by atoms with E-state index in [2.05, 4.69) is 5.32 Å². The Bertz CT molecular complexity index is 955. The number of halogens is 2. The number of urea groups is 1. The number of hydrogen-bond acceptors (Lipinski definition) is 4. The van der Waals surface area contributed by atoms with Crippen molar-refractivity contribution >= 4 is 52.8 Å². The topological polar surface area (TPSA) is 75.7 Å². The second kappa shape index (κ2) is 7.82. The molecule has 8 heteroatoms. The first-order valence-electron chi connectivity index (χ1n) is 8.00. The lowest BCUT2D eigenvalue weighted by Gasteiger charge is -2.26. The lowest BCUT2D eigenvalue weighted by Crippen LogP contribution is -2.54. The van der Waals surface area contributed by atoms with E-state index in [9.17, 15) is 14.4 Å². The summed E-state index contributed by atoms with van der Waals surface area (Å²) in [5.74, 6) is -1.09. The average molecular weight is 405 g/mol. The van der Waals surface area contributed by atoms with Gasteiger partial charge < -0.3 is 4.74 Å². The van der Waals surface area contributed by atoms with Crippen LogP contribution in [0.4, 0.5) is 10.5 Å². The van der Waals surface area contributed by atoms with Crippen LogP contribution in [0.3, 0.4) is 0 Å². The van der Waals surface area contributed by atoms with Crippen LogP contribution in [0.1, 0.15) is 12.5 Å². The Morgan fingerprint density at radius 1 is 1.04 bits per heavy atom. The summed E-state index contributed by atoms with van der Waals surface area (Å²) < 4.78 is 5.51. The van der Waals surface area contributed by atoms with Gasteiger partial charge in [-0.2, -0.15) is 0 Å². The van der Waals surface area contributed by atoms with Crippen molar-refractivity contribution in [2.45, 2.75) is 6.92 Å². The first-order valence-corrected chi connectivity index (χ1v) is 8.75. The Labute approximate surface area is 165 Å². The van der Waals surface area contributed by atoms with Crippen molar-refractivity contribution in [3.8, 4) is 5.75 Å².